The van der Waals surface area contributed by atoms with Crippen LogP contribution in [0.1, 0.15) is 5.56 Å². The fourth-order valence-corrected chi connectivity index (χ4v) is 2.01. The Bertz CT molecular complexity index is 800. The molecule has 0 aliphatic heterocycles. The van der Waals surface area contributed by atoms with E-state index in [2.05, 4.69) is 5.48 Å². The fourth-order valence-electron chi connectivity index (χ4n) is 1.72. The number of nitrogens with zero attached hydrogens (tertiary/aromatic N) is 1. The van der Waals surface area contributed by atoms with Crippen molar-refractivity contribution >= 4 is 35.2 Å². The number of ether oxygens (including phenoxy) is 1. The summed E-state index contributed by atoms with van der Waals surface area (Å²) >= 11 is 11.7. The van der Waals surface area contributed by atoms with Crippen LogP contribution in [-0.4, -0.2) is 18.1 Å². The maximum atomic E-state index is 11.5. The van der Waals surface area contributed by atoms with Crippen LogP contribution in [0.2, 0.25) is 10.0 Å². The van der Waals surface area contributed by atoms with Crippen molar-refractivity contribution in [2.75, 3.05) is 7.11 Å². The number of hydrogen-bond acceptors (Lipinski definition) is 4. The summed E-state index contributed by atoms with van der Waals surface area (Å²) in [6, 6.07) is 9.04. The Hall–Kier alpha value is -0.934. The molecule has 0 aromatic heterocycles. The minimum absolute atomic E-state index is 0. The van der Waals surface area contributed by atoms with Gasteiger partial charge in [0.05, 0.1) is 17.2 Å². The maximum Gasteiger partial charge on any atom is 1.00 e. The number of benzene rings is 2. The van der Waals surface area contributed by atoms with Gasteiger partial charge in [0.2, 0.25) is 5.91 Å². The van der Waals surface area contributed by atoms with Crippen LogP contribution in [0.5, 0.6) is 17.2 Å². The molecule has 0 fully saturated rings. The molecule has 6 nitrogen and oxygen atoms in total. The zero-order valence-corrected chi connectivity index (χ0v) is 18.1. The second-order valence-corrected chi connectivity index (χ2v) is 5.40. The molecule has 2 rings (SSSR count). The summed E-state index contributed by atoms with van der Waals surface area (Å²) in [5.74, 6) is -0.279. The molecule has 126 valence electrons. The third-order valence-corrected chi connectivity index (χ3v) is 3.64. The number of amides is 1. The first-order valence-electron chi connectivity index (χ1n) is 6.62. The molecule has 0 aliphatic carbocycles. The molecule has 0 radical (unpaired) electrons. The van der Waals surface area contributed by atoms with Crippen LogP contribution in [0.25, 0.3) is 11.6 Å². The largest absolute Gasteiger partial charge is 1.00 e. The summed E-state index contributed by atoms with van der Waals surface area (Å²) in [6.07, 6.45) is 1.39. The van der Waals surface area contributed by atoms with E-state index in [1.54, 1.807) is 12.1 Å². The average Bonchev–Trinajstić information content (AvgIpc) is 2.55. The fraction of sp³-hybridized carbons (Fsp3) is 0.0625. The summed E-state index contributed by atoms with van der Waals surface area (Å²) in [5, 5.41) is 10.2. The molecule has 0 atom stereocenters. The molecular formula is C16H13Cl2KN2O4. The van der Waals surface area contributed by atoms with Crippen molar-refractivity contribution in [1.29, 1.82) is 0 Å². The number of rotatable bonds is 6. The second kappa shape index (κ2) is 10.3. The summed E-state index contributed by atoms with van der Waals surface area (Å²) in [7, 11) is 1.41. The molecule has 0 heterocycles. The summed E-state index contributed by atoms with van der Waals surface area (Å²) < 4.78 is 5.00. The number of carbonyl (C=O) groups excluding carboxylic acids is 1. The molecule has 3 N–H and O–H groups in total. The van der Waals surface area contributed by atoms with Gasteiger partial charge in [0.25, 0.3) is 0 Å². The summed E-state index contributed by atoms with van der Waals surface area (Å²) in [6.45, 7) is 0. The quantitative estimate of drug-likeness (QED) is 0.423. The van der Waals surface area contributed by atoms with E-state index in [1.165, 1.54) is 37.5 Å². The number of primary amides is 1. The molecule has 0 saturated carbocycles. The zero-order chi connectivity index (χ0) is 17.7. The van der Waals surface area contributed by atoms with Crippen LogP contribution in [0.3, 0.4) is 0 Å². The Morgan fingerprint density at radius 1 is 1.20 bits per heavy atom. The number of carbonyl (C=O) groups is 1. The number of nitrogens with two attached hydrogens (primary N) is 1. The van der Waals surface area contributed by atoms with E-state index < -0.39 is 5.91 Å². The number of hydrogen-bond donors (Lipinski definition) is 2. The van der Waals surface area contributed by atoms with Gasteiger partial charge in [-0.05, 0) is 41.6 Å². The molecule has 0 aliphatic rings. The number of aromatic hydroxyl groups is 1. The van der Waals surface area contributed by atoms with Gasteiger partial charge in [-0.25, -0.2) is 0 Å². The van der Waals surface area contributed by atoms with Crippen molar-refractivity contribution in [3.63, 3.8) is 0 Å². The van der Waals surface area contributed by atoms with Crippen molar-refractivity contribution in [2.45, 2.75) is 0 Å². The molecule has 0 spiro atoms. The van der Waals surface area contributed by atoms with Gasteiger partial charge in [0.1, 0.15) is 5.75 Å². The Labute approximate surface area is 197 Å². The Morgan fingerprint density at radius 3 is 2.52 bits per heavy atom. The monoisotopic (exact) mass is 406 g/mol. The van der Waals surface area contributed by atoms with E-state index in [1.807, 2.05) is 0 Å². The van der Waals surface area contributed by atoms with Crippen molar-refractivity contribution in [1.82, 2.24) is 0 Å². The molecule has 0 saturated heterocycles. The molecule has 2 aromatic rings. The van der Waals surface area contributed by atoms with Gasteiger partial charge in [-0.3, -0.25) is 4.79 Å². The van der Waals surface area contributed by atoms with E-state index in [0.717, 1.165) is 0 Å². The van der Waals surface area contributed by atoms with Gasteiger partial charge in [-0.15, -0.1) is 0 Å². The van der Waals surface area contributed by atoms with Crippen molar-refractivity contribution in [3.8, 4) is 17.2 Å². The van der Waals surface area contributed by atoms with Crippen molar-refractivity contribution in [2.24, 2.45) is 5.73 Å². The number of phenols is 1. The maximum absolute atomic E-state index is 11.5. The first kappa shape index (κ1) is 22.1. The van der Waals surface area contributed by atoms with Crippen LogP contribution in [0.4, 0.5) is 0 Å². The Balaban J connectivity index is 0.00000312. The average molecular weight is 407 g/mol. The summed E-state index contributed by atoms with van der Waals surface area (Å²) in [4.78, 5) is 16.7. The minimum Gasteiger partial charge on any atom is -0.557 e. The number of hydroxylamine groups is 1. The molecule has 1 amide bonds. The minimum atomic E-state index is -0.790. The number of phenolic OH excluding ortho intramolecular Hbond substituents is 1. The smallest absolute Gasteiger partial charge is 0.557 e. The topological polar surface area (TPSA) is 95.9 Å². The van der Waals surface area contributed by atoms with Gasteiger partial charge in [0, 0.05) is 0 Å². The first-order chi connectivity index (χ1) is 11.4. The van der Waals surface area contributed by atoms with E-state index >= 15 is 0 Å². The van der Waals surface area contributed by atoms with Gasteiger partial charge < -0.3 is 25.9 Å². The SMILES string of the molecule is COc1cc(/C=C(/[N-]Oc2ccc(Cl)c(Cl)c2)C(N)=O)ccc1O.[K+]. The normalized spacial score (nSPS) is 10.6. The van der Waals surface area contributed by atoms with Crippen LogP contribution < -0.4 is 66.7 Å². The predicted octanol–water partition coefficient (Wildman–Crippen LogP) is 0.906. The van der Waals surface area contributed by atoms with Gasteiger partial charge in [0.15, 0.2) is 11.5 Å². The van der Waals surface area contributed by atoms with Gasteiger partial charge in [-0.2, -0.15) is 0 Å². The summed E-state index contributed by atoms with van der Waals surface area (Å²) in [5.41, 5.74) is 9.42. The Morgan fingerprint density at radius 2 is 1.92 bits per heavy atom. The van der Waals surface area contributed by atoms with Crippen LogP contribution in [0.15, 0.2) is 42.1 Å². The van der Waals surface area contributed by atoms with Crippen LogP contribution in [0, 0.1) is 0 Å². The molecular weight excluding hydrogens is 394 g/mol. The van der Waals surface area contributed by atoms with Crippen LogP contribution in [-0.2, 0) is 4.79 Å². The second-order valence-electron chi connectivity index (χ2n) is 4.58. The van der Waals surface area contributed by atoms with E-state index in [-0.39, 0.29) is 73.6 Å². The Kier molecular flexibility index (Phi) is 9.08. The van der Waals surface area contributed by atoms with E-state index in [4.69, 9.17) is 38.5 Å². The van der Waals surface area contributed by atoms with E-state index in [9.17, 15) is 9.90 Å². The first-order valence-corrected chi connectivity index (χ1v) is 7.38. The molecule has 0 unspecified atom stereocenters. The van der Waals surface area contributed by atoms with Crippen molar-refractivity contribution < 1.29 is 70.9 Å². The van der Waals surface area contributed by atoms with Crippen molar-refractivity contribution in [3.05, 3.63) is 63.2 Å². The third kappa shape index (κ3) is 6.38. The zero-order valence-electron chi connectivity index (χ0n) is 13.5. The number of methoxy groups -OCH3 is 1. The molecule has 9 heteroatoms. The molecule has 0 bridgehead atoms. The van der Waals surface area contributed by atoms with Gasteiger partial charge in [-0.1, -0.05) is 35.3 Å². The van der Waals surface area contributed by atoms with Gasteiger partial charge >= 0.3 is 51.4 Å². The predicted molar refractivity (Wildman–Crippen MR) is 92.3 cm³/mol. The molecule has 25 heavy (non-hydrogen) atoms. The third-order valence-electron chi connectivity index (χ3n) is 2.90. The number of halogens is 2. The standard InChI is InChI=1S/C16H13Cl2N2O4.K/c1-23-15-7-9(2-5-14(15)21)6-13(16(19)22)20-24-10-3-4-11(17)12(18)8-10;/h2-8H,1H3,(H3,19,21,22);/q-1;+1. The van der Waals surface area contributed by atoms with Crippen LogP contribution >= 0.6 is 23.2 Å². The molecule has 2 aromatic carbocycles. The van der Waals surface area contributed by atoms with E-state index in [0.29, 0.717) is 16.3 Å².